The van der Waals surface area contributed by atoms with Crippen molar-refractivity contribution in [2.45, 2.75) is 0 Å². The van der Waals surface area contributed by atoms with Crippen LogP contribution in [-0.2, 0) is 0 Å². The molecule has 10 aromatic rings. The Morgan fingerprint density at radius 3 is 1.71 bits per heavy atom. The molecule has 0 aliphatic heterocycles. The molecule has 0 unspecified atom stereocenters. The fraction of sp³-hybridized carbons (Fsp3) is 0. The minimum Gasteiger partial charge on any atom is -0.310 e. The van der Waals surface area contributed by atoms with Gasteiger partial charge in [0, 0.05) is 31.5 Å². The average molecular weight is 628 g/mol. The van der Waals surface area contributed by atoms with Crippen LogP contribution in [-0.4, -0.2) is 0 Å². The topological polar surface area (TPSA) is 3.24 Å². The molecule has 0 radical (unpaired) electrons. The van der Waals surface area contributed by atoms with Gasteiger partial charge in [0.25, 0.3) is 0 Å². The first kappa shape index (κ1) is 27.2. The first-order chi connectivity index (χ1) is 23.8. The molecule has 48 heavy (non-hydrogen) atoms. The van der Waals surface area contributed by atoms with Gasteiger partial charge in [0.1, 0.15) is 0 Å². The molecule has 1 aromatic heterocycles. The van der Waals surface area contributed by atoms with Crippen LogP contribution in [0.4, 0.5) is 17.1 Å². The molecular weight excluding hydrogens is 599 g/mol. The van der Waals surface area contributed by atoms with Gasteiger partial charge in [0.2, 0.25) is 0 Å². The third-order valence-corrected chi connectivity index (χ3v) is 10.9. The molecule has 10 rings (SSSR count). The molecule has 2 heteroatoms. The Bertz CT molecular complexity index is 2830. The summed E-state index contributed by atoms with van der Waals surface area (Å²) in [7, 11) is 0. The minimum absolute atomic E-state index is 1.13. The van der Waals surface area contributed by atoms with Gasteiger partial charge in [-0.1, -0.05) is 133 Å². The summed E-state index contributed by atoms with van der Waals surface area (Å²) in [4.78, 5) is 2.46. The van der Waals surface area contributed by atoms with E-state index < -0.39 is 0 Å². The molecule has 0 atom stereocenters. The predicted molar refractivity (Wildman–Crippen MR) is 209 cm³/mol. The quantitative estimate of drug-likeness (QED) is 0.176. The fourth-order valence-corrected chi connectivity index (χ4v) is 8.72. The van der Waals surface area contributed by atoms with E-state index in [1.54, 1.807) is 0 Å². The maximum Gasteiger partial charge on any atom is 0.0555 e. The Labute approximate surface area is 282 Å². The number of hydrogen-bond donors (Lipinski definition) is 0. The highest BCUT2D eigenvalue weighted by Gasteiger charge is 2.20. The molecule has 0 fully saturated rings. The molecule has 9 aromatic carbocycles. The Morgan fingerprint density at radius 2 is 0.917 bits per heavy atom. The molecule has 0 spiro atoms. The summed E-state index contributed by atoms with van der Waals surface area (Å²) in [5.41, 5.74) is 5.89. The zero-order chi connectivity index (χ0) is 31.6. The highest BCUT2D eigenvalue weighted by atomic mass is 32.1. The molecule has 1 nitrogen and oxygen atoms in total. The van der Waals surface area contributed by atoms with E-state index in [9.17, 15) is 0 Å². The van der Waals surface area contributed by atoms with Gasteiger partial charge in [-0.2, -0.15) is 0 Å². The lowest BCUT2D eigenvalue weighted by Crippen LogP contribution is -2.10. The summed E-state index contributed by atoms with van der Waals surface area (Å²) in [6, 6.07) is 64.5. The second kappa shape index (κ2) is 10.8. The monoisotopic (exact) mass is 627 g/mol. The Morgan fingerprint density at radius 1 is 0.333 bits per heavy atom. The van der Waals surface area contributed by atoms with Crippen molar-refractivity contribution in [3.63, 3.8) is 0 Å². The first-order valence-corrected chi connectivity index (χ1v) is 17.2. The van der Waals surface area contributed by atoms with Crippen molar-refractivity contribution in [2.24, 2.45) is 0 Å². The number of nitrogens with zero attached hydrogens (tertiary/aromatic N) is 1. The summed E-state index contributed by atoms with van der Waals surface area (Å²) in [5.74, 6) is 0. The van der Waals surface area contributed by atoms with Crippen LogP contribution in [0.3, 0.4) is 0 Å². The van der Waals surface area contributed by atoms with Crippen molar-refractivity contribution in [3.8, 4) is 11.1 Å². The maximum atomic E-state index is 2.46. The van der Waals surface area contributed by atoms with E-state index in [1.165, 1.54) is 80.1 Å². The van der Waals surface area contributed by atoms with Crippen molar-refractivity contribution >= 4 is 91.7 Å². The largest absolute Gasteiger partial charge is 0.310 e. The number of hydrogen-bond acceptors (Lipinski definition) is 2. The summed E-state index contributed by atoms with van der Waals surface area (Å²) in [6.07, 6.45) is 0. The Kier molecular flexibility index (Phi) is 6.12. The number of rotatable bonds is 4. The van der Waals surface area contributed by atoms with E-state index in [1.807, 2.05) is 11.3 Å². The molecule has 1 heterocycles. The average Bonchev–Trinajstić information content (AvgIpc) is 3.55. The van der Waals surface area contributed by atoms with Gasteiger partial charge in [-0.25, -0.2) is 0 Å². The number of anilines is 3. The second-order valence-electron chi connectivity index (χ2n) is 12.5. The van der Waals surface area contributed by atoms with Crippen molar-refractivity contribution < 1.29 is 0 Å². The van der Waals surface area contributed by atoms with E-state index in [0.717, 1.165) is 11.4 Å². The third-order valence-electron chi connectivity index (χ3n) is 9.80. The van der Waals surface area contributed by atoms with Gasteiger partial charge in [-0.3, -0.25) is 0 Å². The lowest BCUT2D eigenvalue weighted by molar-refractivity contribution is 1.31. The zero-order valence-corrected chi connectivity index (χ0v) is 26.9. The highest BCUT2D eigenvalue weighted by Crippen LogP contribution is 2.47. The van der Waals surface area contributed by atoms with Gasteiger partial charge in [0.05, 0.1) is 5.69 Å². The van der Waals surface area contributed by atoms with E-state index in [2.05, 4.69) is 181 Å². The lowest BCUT2D eigenvalue weighted by Gasteiger charge is -2.27. The molecule has 0 aliphatic rings. The van der Waals surface area contributed by atoms with E-state index in [4.69, 9.17) is 0 Å². The number of thiophene rings is 1. The maximum absolute atomic E-state index is 2.46. The van der Waals surface area contributed by atoms with Gasteiger partial charge in [-0.05, 0) is 96.7 Å². The third kappa shape index (κ3) is 4.24. The number of benzene rings is 9. The van der Waals surface area contributed by atoms with Gasteiger partial charge >= 0.3 is 0 Å². The van der Waals surface area contributed by atoms with Gasteiger partial charge in [-0.15, -0.1) is 11.3 Å². The van der Waals surface area contributed by atoms with Crippen LogP contribution in [0.5, 0.6) is 0 Å². The first-order valence-electron chi connectivity index (χ1n) is 16.4. The molecule has 0 saturated heterocycles. The van der Waals surface area contributed by atoms with Crippen LogP contribution in [0.25, 0.3) is 74.4 Å². The van der Waals surface area contributed by atoms with E-state index in [0.29, 0.717) is 0 Å². The molecule has 0 saturated carbocycles. The normalized spacial score (nSPS) is 11.8. The van der Waals surface area contributed by atoms with Crippen LogP contribution in [0.1, 0.15) is 0 Å². The molecular formula is C46H29NS. The molecule has 0 N–H and O–H groups in total. The summed E-state index contributed by atoms with van der Waals surface area (Å²) >= 11 is 1.88. The van der Waals surface area contributed by atoms with Crippen molar-refractivity contribution in [1.29, 1.82) is 0 Å². The number of fused-ring (bicyclic) bond motifs is 10. The lowest BCUT2D eigenvalue weighted by atomic mass is 9.96. The summed E-state index contributed by atoms with van der Waals surface area (Å²) in [5, 5.41) is 12.8. The standard InChI is InChI=1S/C46H29NS/c1-2-9-30(10-3-1)31-21-24-36(25-22-31)47(41-15-8-16-42-46(41)45-39-14-7-5-12-33(39)23-28-43(45)48-42)37-26-27-40-35(29-37)20-19-34-18-17-32-11-4-6-13-38(32)44(34)40/h1-29H. The van der Waals surface area contributed by atoms with Crippen LogP contribution in [0.15, 0.2) is 176 Å². The second-order valence-corrected chi connectivity index (χ2v) is 13.6. The zero-order valence-electron chi connectivity index (χ0n) is 26.1. The van der Waals surface area contributed by atoms with E-state index in [-0.39, 0.29) is 0 Å². The van der Waals surface area contributed by atoms with Crippen LogP contribution >= 0.6 is 11.3 Å². The fourth-order valence-electron chi connectivity index (χ4n) is 7.58. The smallest absolute Gasteiger partial charge is 0.0555 e. The molecule has 0 aliphatic carbocycles. The van der Waals surface area contributed by atoms with Crippen LogP contribution in [0, 0.1) is 0 Å². The van der Waals surface area contributed by atoms with Crippen molar-refractivity contribution in [3.05, 3.63) is 176 Å². The van der Waals surface area contributed by atoms with Crippen molar-refractivity contribution in [2.75, 3.05) is 4.90 Å². The predicted octanol–water partition coefficient (Wildman–Crippen LogP) is 13.8. The van der Waals surface area contributed by atoms with Gasteiger partial charge in [0.15, 0.2) is 0 Å². The SMILES string of the molecule is c1ccc(-c2ccc(N(c3ccc4c(ccc5ccc6ccccc6c54)c3)c3cccc4sc5ccc6ccccc6c5c34)cc2)cc1. The molecule has 224 valence electrons. The summed E-state index contributed by atoms with van der Waals surface area (Å²) < 4.78 is 2.61. The Hall–Kier alpha value is -5.96. The minimum atomic E-state index is 1.13. The molecule has 0 amide bonds. The van der Waals surface area contributed by atoms with Crippen LogP contribution < -0.4 is 4.90 Å². The van der Waals surface area contributed by atoms with Gasteiger partial charge < -0.3 is 4.90 Å². The molecule has 0 bridgehead atoms. The summed E-state index contributed by atoms with van der Waals surface area (Å²) in [6.45, 7) is 0. The van der Waals surface area contributed by atoms with E-state index >= 15 is 0 Å². The Balaban J connectivity index is 1.25. The highest BCUT2D eigenvalue weighted by molar-refractivity contribution is 7.26. The van der Waals surface area contributed by atoms with Crippen molar-refractivity contribution in [1.82, 2.24) is 0 Å². The van der Waals surface area contributed by atoms with Crippen LogP contribution in [0.2, 0.25) is 0 Å².